The highest BCUT2D eigenvalue weighted by atomic mass is 28.4. The summed E-state index contributed by atoms with van der Waals surface area (Å²) >= 11 is 0. The van der Waals surface area contributed by atoms with Crippen LogP contribution in [-0.4, -0.2) is 38.7 Å². The normalized spacial score (nSPS) is 13.7. The molecule has 0 fully saturated rings. The molecule has 0 aliphatic carbocycles. The predicted molar refractivity (Wildman–Crippen MR) is 90.5 cm³/mol. The second-order valence-corrected chi connectivity index (χ2v) is 11.8. The molecule has 0 heterocycles. The number of carbonyl (C=O) groups is 1. The van der Waals surface area contributed by atoms with E-state index < -0.39 is 14.4 Å². The molecule has 0 spiro atoms. The summed E-state index contributed by atoms with van der Waals surface area (Å²) in [6.45, 7) is 11.3. The average molecular weight is 324 g/mol. The number of aliphatic hydroxyl groups is 1. The maximum atomic E-state index is 11.7. The Labute approximate surface area is 134 Å². The molecule has 0 saturated carbocycles. The van der Waals surface area contributed by atoms with Crippen molar-refractivity contribution in [3.8, 4) is 0 Å². The van der Waals surface area contributed by atoms with Gasteiger partial charge in [-0.15, -0.1) is 0 Å². The van der Waals surface area contributed by atoms with Crippen molar-refractivity contribution in [2.75, 3.05) is 13.2 Å². The Morgan fingerprint density at radius 3 is 2.36 bits per heavy atom. The van der Waals surface area contributed by atoms with Crippen molar-refractivity contribution in [1.82, 2.24) is 0 Å². The van der Waals surface area contributed by atoms with Crippen LogP contribution in [0.25, 0.3) is 0 Å². The third-order valence-electron chi connectivity index (χ3n) is 4.14. The second-order valence-electron chi connectivity index (χ2n) is 7.02. The van der Waals surface area contributed by atoms with Crippen molar-refractivity contribution in [3.63, 3.8) is 0 Å². The lowest BCUT2D eigenvalue weighted by molar-refractivity contribution is 0.0359. The molecule has 124 valence electrons. The van der Waals surface area contributed by atoms with Gasteiger partial charge >= 0.3 is 5.97 Å². The number of benzene rings is 1. The minimum absolute atomic E-state index is 0.118. The van der Waals surface area contributed by atoms with Gasteiger partial charge in [-0.3, -0.25) is 0 Å². The molecule has 1 N–H and O–H groups in total. The Bertz CT molecular complexity index is 465. The maximum Gasteiger partial charge on any atom is 0.338 e. The van der Waals surface area contributed by atoms with Crippen molar-refractivity contribution in [2.24, 2.45) is 0 Å². The molecule has 1 atom stereocenters. The van der Waals surface area contributed by atoms with Gasteiger partial charge in [0.05, 0.1) is 24.9 Å². The summed E-state index contributed by atoms with van der Waals surface area (Å²) in [4.78, 5) is 11.7. The van der Waals surface area contributed by atoms with Crippen molar-refractivity contribution in [2.45, 2.75) is 51.4 Å². The van der Waals surface area contributed by atoms with Crippen LogP contribution < -0.4 is 0 Å². The van der Waals surface area contributed by atoms with Crippen LogP contribution in [0.2, 0.25) is 18.1 Å². The zero-order chi connectivity index (χ0) is 16.8. The lowest BCUT2D eigenvalue weighted by Crippen LogP contribution is -2.42. The fraction of sp³-hybridized carbons (Fsp3) is 0.588. The predicted octanol–water partition coefficient (Wildman–Crippen LogP) is 3.62. The molecule has 1 unspecified atom stereocenters. The van der Waals surface area contributed by atoms with Gasteiger partial charge < -0.3 is 14.3 Å². The first-order valence-corrected chi connectivity index (χ1v) is 10.6. The molecule has 0 amide bonds. The molecule has 1 aromatic carbocycles. The highest BCUT2D eigenvalue weighted by molar-refractivity contribution is 6.74. The van der Waals surface area contributed by atoms with Gasteiger partial charge in [0.15, 0.2) is 8.32 Å². The zero-order valence-corrected chi connectivity index (χ0v) is 15.3. The highest BCUT2D eigenvalue weighted by Crippen LogP contribution is 2.36. The minimum atomic E-state index is -1.85. The fourth-order valence-corrected chi connectivity index (χ4v) is 2.59. The van der Waals surface area contributed by atoms with E-state index in [0.29, 0.717) is 18.6 Å². The van der Waals surface area contributed by atoms with Crippen molar-refractivity contribution in [3.05, 3.63) is 35.9 Å². The van der Waals surface area contributed by atoms with Gasteiger partial charge in [-0.1, -0.05) is 39.0 Å². The zero-order valence-electron chi connectivity index (χ0n) is 14.3. The Kier molecular flexibility index (Phi) is 6.78. The van der Waals surface area contributed by atoms with Crippen molar-refractivity contribution < 1.29 is 19.1 Å². The Morgan fingerprint density at radius 1 is 1.23 bits per heavy atom. The summed E-state index contributed by atoms with van der Waals surface area (Å²) in [6, 6.07) is 8.84. The number of rotatable bonds is 7. The van der Waals surface area contributed by atoms with Crippen LogP contribution in [-0.2, 0) is 9.16 Å². The van der Waals surface area contributed by atoms with E-state index in [-0.39, 0.29) is 17.6 Å². The Balaban J connectivity index is 2.29. The van der Waals surface area contributed by atoms with Gasteiger partial charge in [0.25, 0.3) is 0 Å². The average Bonchev–Trinajstić information content (AvgIpc) is 2.45. The van der Waals surface area contributed by atoms with E-state index in [1.807, 2.05) is 6.07 Å². The van der Waals surface area contributed by atoms with Crippen LogP contribution in [0, 0.1) is 0 Å². The molecule has 0 aliphatic rings. The largest absolute Gasteiger partial charge is 0.462 e. The second kappa shape index (κ2) is 7.90. The van der Waals surface area contributed by atoms with Crippen molar-refractivity contribution in [1.29, 1.82) is 0 Å². The molecular formula is C17H28O4Si. The first kappa shape index (κ1) is 18.9. The van der Waals surface area contributed by atoms with E-state index in [4.69, 9.17) is 9.16 Å². The quantitative estimate of drug-likeness (QED) is 0.615. The fourth-order valence-electron chi connectivity index (χ4n) is 1.55. The molecule has 22 heavy (non-hydrogen) atoms. The number of hydrogen-bond acceptors (Lipinski definition) is 4. The molecule has 0 saturated heterocycles. The molecular weight excluding hydrogens is 296 g/mol. The summed E-state index contributed by atoms with van der Waals surface area (Å²) in [5, 5.41) is 10.1. The SMILES string of the molecule is CC(C)(C)[Si](C)(C)OCC(O)CCOC(=O)c1ccccc1. The van der Waals surface area contributed by atoms with E-state index in [0.717, 1.165) is 0 Å². The van der Waals surface area contributed by atoms with Gasteiger partial charge in [0.2, 0.25) is 0 Å². The summed E-state index contributed by atoms with van der Waals surface area (Å²) in [5.41, 5.74) is 0.523. The van der Waals surface area contributed by atoms with Gasteiger partial charge in [-0.05, 0) is 30.3 Å². The molecule has 5 heteroatoms. The highest BCUT2D eigenvalue weighted by Gasteiger charge is 2.37. The molecule has 0 radical (unpaired) electrons. The Morgan fingerprint density at radius 2 is 1.82 bits per heavy atom. The van der Waals surface area contributed by atoms with E-state index in [1.165, 1.54) is 0 Å². The van der Waals surface area contributed by atoms with E-state index in [2.05, 4.69) is 33.9 Å². The Hall–Kier alpha value is -1.17. The van der Waals surface area contributed by atoms with Crippen LogP contribution in [0.1, 0.15) is 37.6 Å². The molecule has 1 rings (SSSR count). The lowest BCUT2D eigenvalue weighted by Gasteiger charge is -2.36. The van der Waals surface area contributed by atoms with Gasteiger partial charge in [-0.25, -0.2) is 4.79 Å². The smallest absolute Gasteiger partial charge is 0.338 e. The number of aliphatic hydroxyl groups excluding tert-OH is 1. The van der Waals surface area contributed by atoms with Crippen LogP contribution in [0.15, 0.2) is 30.3 Å². The lowest BCUT2D eigenvalue weighted by atomic mass is 10.2. The topological polar surface area (TPSA) is 55.8 Å². The maximum absolute atomic E-state index is 11.7. The third kappa shape index (κ3) is 5.91. The first-order chi connectivity index (χ1) is 10.1. The van der Waals surface area contributed by atoms with E-state index in [1.54, 1.807) is 24.3 Å². The monoisotopic (exact) mass is 324 g/mol. The number of carbonyl (C=O) groups excluding carboxylic acids is 1. The van der Waals surface area contributed by atoms with Gasteiger partial charge in [0.1, 0.15) is 0 Å². The standard InChI is InChI=1S/C17H28O4Si/c1-17(2,3)22(4,5)21-13-15(18)11-12-20-16(19)14-9-7-6-8-10-14/h6-10,15,18H,11-13H2,1-5H3. The number of esters is 1. The summed E-state index contributed by atoms with van der Waals surface area (Å²) in [6.07, 6.45) is -0.231. The van der Waals surface area contributed by atoms with Crippen molar-refractivity contribution >= 4 is 14.3 Å². The van der Waals surface area contributed by atoms with E-state index in [9.17, 15) is 9.90 Å². The number of ether oxygens (including phenoxy) is 1. The third-order valence-corrected chi connectivity index (χ3v) is 8.64. The van der Waals surface area contributed by atoms with Gasteiger partial charge in [0, 0.05) is 6.42 Å². The molecule has 1 aromatic rings. The number of hydrogen-bond donors (Lipinski definition) is 1. The summed E-state index contributed by atoms with van der Waals surface area (Å²) in [7, 11) is -1.85. The molecule has 0 bridgehead atoms. The molecule has 0 aliphatic heterocycles. The molecule has 4 nitrogen and oxygen atoms in total. The summed E-state index contributed by atoms with van der Waals surface area (Å²) < 4.78 is 11.1. The van der Waals surface area contributed by atoms with Crippen LogP contribution in [0.4, 0.5) is 0 Å². The van der Waals surface area contributed by atoms with E-state index >= 15 is 0 Å². The first-order valence-electron chi connectivity index (χ1n) is 7.68. The van der Waals surface area contributed by atoms with Gasteiger partial charge in [-0.2, -0.15) is 0 Å². The van der Waals surface area contributed by atoms with Crippen LogP contribution >= 0.6 is 0 Å². The van der Waals surface area contributed by atoms with Crippen LogP contribution in [0.5, 0.6) is 0 Å². The molecule has 0 aromatic heterocycles. The van der Waals surface area contributed by atoms with Crippen LogP contribution in [0.3, 0.4) is 0 Å². The minimum Gasteiger partial charge on any atom is -0.462 e. The summed E-state index contributed by atoms with van der Waals surface area (Å²) in [5.74, 6) is -0.363.